The second kappa shape index (κ2) is 10.8. The largest absolute Gasteiger partial charge is 0.457 e. The quantitative estimate of drug-likeness (QED) is 0.400. The van der Waals surface area contributed by atoms with E-state index < -0.39 is 0 Å². The summed E-state index contributed by atoms with van der Waals surface area (Å²) in [5.74, 6) is 1.80. The summed E-state index contributed by atoms with van der Waals surface area (Å²) in [6, 6.07) is 17.3. The number of ether oxygens (including phenoxy) is 1. The Morgan fingerprint density at radius 3 is 2.51 bits per heavy atom. The van der Waals surface area contributed by atoms with Crippen molar-refractivity contribution in [3.8, 4) is 22.8 Å². The molecular weight excluding hydrogens is 440 g/mol. The van der Waals surface area contributed by atoms with Crippen molar-refractivity contribution in [2.75, 3.05) is 18.8 Å². The fraction of sp³-hybridized carbons (Fsp3) is 0.259. The van der Waals surface area contributed by atoms with E-state index in [1.807, 2.05) is 73.1 Å². The number of fused-ring (bicyclic) bond motifs is 1. The molecule has 1 aliphatic rings. The van der Waals surface area contributed by atoms with Crippen LogP contribution in [0.2, 0.25) is 0 Å². The van der Waals surface area contributed by atoms with Crippen LogP contribution in [0.5, 0.6) is 11.5 Å². The van der Waals surface area contributed by atoms with Gasteiger partial charge >= 0.3 is 0 Å². The first-order valence-corrected chi connectivity index (χ1v) is 11.9. The SMILES string of the molecule is C=CC(=O)N1CCC[C@@H](n2nc(-c3ccc(Oc4ccccc4)cc3)c3c(N)ncnc32)C1.CC. The Kier molecular flexibility index (Phi) is 7.40. The van der Waals surface area contributed by atoms with Gasteiger partial charge in [0.05, 0.1) is 11.4 Å². The maximum atomic E-state index is 12.2. The minimum atomic E-state index is -0.0699. The molecule has 1 atom stereocenters. The summed E-state index contributed by atoms with van der Waals surface area (Å²) in [6.45, 7) is 8.88. The van der Waals surface area contributed by atoms with Crippen LogP contribution in [-0.4, -0.2) is 43.6 Å². The minimum absolute atomic E-state index is 0.00566. The molecule has 0 bridgehead atoms. The Labute approximate surface area is 205 Å². The third-order valence-corrected chi connectivity index (χ3v) is 5.85. The number of nitrogen functional groups attached to an aromatic ring is 1. The molecule has 0 saturated carbocycles. The summed E-state index contributed by atoms with van der Waals surface area (Å²) in [5.41, 5.74) is 8.52. The van der Waals surface area contributed by atoms with Crippen LogP contribution in [0.4, 0.5) is 5.82 Å². The zero-order valence-electron chi connectivity index (χ0n) is 20.1. The van der Waals surface area contributed by atoms with E-state index in [1.165, 1.54) is 12.4 Å². The van der Waals surface area contributed by atoms with E-state index in [9.17, 15) is 4.79 Å². The van der Waals surface area contributed by atoms with Gasteiger partial charge in [-0.05, 0) is 55.3 Å². The van der Waals surface area contributed by atoms with Gasteiger partial charge in [0.1, 0.15) is 29.3 Å². The fourth-order valence-corrected chi connectivity index (χ4v) is 4.24. The lowest BCUT2D eigenvalue weighted by Gasteiger charge is -2.32. The van der Waals surface area contributed by atoms with E-state index in [1.54, 1.807) is 4.90 Å². The topological polar surface area (TPSA) is 99.2 Å². The molecule has 0 aliphatic carbocycles. The number of piperidine rings is 1. The Morgan fingerprint density at radius 1 is 1.09 bits per heavy atom. The van der Waals surface area contributed by atoms with Crippen molar-refractivity contribution in [3.63, 3.8) is 0 Å². The van der Waals surface area contributed by atoms with Gasteiger partial charge in [-0.15, -0.1) is 0 Å². The van der Waals surface area contributed by atoms with Gasteiger partial charge < -0.3 is 15.4 Å². The highest BCUT2D eigenvalue weighted by Gasteiger charge is 2.28. The Bertz CT molecular complexity index is 1300. The molecule has 2 N–H and O–H groups in total. The lowest BCUT2D eigenvalue weighted by molar-refractivity contribution is -0.127. The number of likely N-dealkylation sites (tertiary alicyclic amines) is 1. The van der Waals surface area contributed by atoms with E-state index in [2.05, 4.69) is 16.5 Å². The number of benzene rings is 2. The third-order valence-electron chi connectivity index (χ3n) is 5.85. The number of carbonyl (C=O) groups is 1. The number of hydrogen-bond donors (Lipinski definition) is 1. The predicted molar refractivity (Wildman–Crippen MR) is 138 cm³/mol. The number of amides is 1. The Hall–Kier alpha value is -4.20. The summed E-state index contributed by atoms with van der Waals surface area (Å²) in [5, 5.41) is 5.62. The molecule has 2 aromatic carbocycles. The van der Waals surface area contributed by atoms with Crippen molar-refractivity contribution in [1.82, 2.24) is 24.6 Å². The summed E-state index contributed by atoms with van der Waals surface area (Å²) < 4.78 is 7.79. The lowest BCUT2D eigenvalue weighted by Crippen LogP contribution is -2.40. The average Bonchev–Trinajstić information content (AvgIpc) is 3.31. The van der Waals surface area contributed by atoms with Gasteiger partial charge in [0.2, 0.25) is 5.91 Å². The van der Waals surface area contributed by atoms with Crippen LogP contribution in [0.1, 0.15) is 32.7 Å². The number of nitrogens with zero attached hydrogens (tertiary/aromatic N) is 5. The second-order valence-electron chi connectivity index (χ2n) is 7.97. The molecule has 8 heteroatoms. The van der Waals surface area contributed by atoms with Gasteiger partial charge in [-0.2, -0.15) is 5.10 Å². The van der Waals surface area contributed by atoms with Crippen molar-refractivity contribution < 1.29 is 9.53 Å². The highest BCUT2D eigenvalue weighted by Crippen LogP contribution is 2.34. The lowest BCUT2D eigenvalue weighted by atomic mass is 10.1. The van der Waals surface area contributed by atoms with Gasteiger partial charge in [-0.3, -0.25) is 4.79 Å². The zero-order chi connectivity index (χ0) is 24.8. The number of anilines is 1. The third kappa shape index (κ3) is 5.01. The smallest absolute Gasteiger partial charge is 0.246 e. The van der Waals surface area contributed by atoms with E-state index in [0.29, 0.717) is 35.6 Å². The Morgan fingerprint density at radius 2 is 1.80 bits per heavy atom. The summed E-state index contributed by atoms with van der Waals surface area (Å²) in [6.07, 6.45) is 4.58. The van der Waals surface area contributed by atoms with Gasteiger partial charge in [0.15, 0.2) is 5.65 Å². The van der Waals surface area contributed by atoms with E-state index in [0.717, 1.165) is 29.9 Å². The summed E-state index contributed by atoms with van der Waals surface area (Å²) >= 11 is 0. The van der Waals surface area contributed by atoms with Gasteiger partial charge in [-0.1, -0.05) is 38.6 Å². The molecule has 2 aromatic heterocycles. The highest BCUT2D eigenvalue weighted by molar-refractivity contribution is 5.98. The molecule has 0 radical (unpaired) electrons. The van der Waals surface area contributed by atoms with Crippen molar-refractivity contribution in [2.24, 2.45) is 0 Å². The first-order valence-electron chi connectivity index (χ1n) is 11.9. The molecule has 0 unspecified atom stereocenters. The Balaban J connectivity index is 0.00000141. The number of nitrogens with two attached hydrogens (primary N) is 1. The van der Waals surface area contributed by atoms with E-state index >= 15 is 0 Å². The average molecular weight is 471 g/mol. The van der Waals surface area contributed by atoms with Crippen LogP contribution in [-0.2, 0) is 4.79 Å². The standard InChI is InChI=1S/C25H24N6O2.C2H6/c1-2-21(32)30-14-6-7-18(15-30)31-25-22(24(26)27-16-28-25)23(29-31)17-10-12-20(13-11-17)33-19-8-4-3-5-9-19;1-2/h2-5,8-13,16,18H,1,6-7,14-15H2,(H2,26,27,28);1-2H3/t18-;/m1./s1. The molecule has 0 spiro atoms. The van der Waals surface area contributed by atoms with Crippen molar-refractivity contribution in [1.29, 1.82) is 0 Å². The zero-order valence-corrected chi connectivity index (χ0v) is 20.1. The molecule has 4 aromatic rings. The molecule has 35 heavy (non-hydrogen) atoms. The molecule has 5 rings (SSSR count). The number of rotatable bonds is 5. The van der Waals surface area contributed by atoms with Crippen LogP contribution < -0.4 is 10.5 Å². The summed E-state index contributed by atoms with van der Waals surface area (Å²) in [7, 11) is 0. The molecule has 1 fully saturated rings. The number of para-hydroxylation sites is 1. The first-order chi connectivity index (χ1) is 17.1. The molecule has 1 aliphatic heterocycles. The molecular formula is C27H30N6O2. The molecule has 3 heterocycles. The minimum Gasteiger partial charge on any atom is -0.457 e. The number of hydrogen-bond acceptors (Lipinski definition) is 6. The van der Waals surface area contributed by atoms with Crippen LogP contribution in [0.15, 0.2) is 73.6 Å². The molecule has 180 valence electrons. The molecule has 1 saturated heterocycles. The van der Waals surface area contributed by atoms with Gasteiger partial charge in [0.25, 0.3) is 0 Å². The van der Waals surface area contributed by atoms with Crippen molar-refractivity contribution >= 4 is 22.8 Å². The van der Waals surface area contributed by atoms with Crippen molar-refractivity contribution in [3.05, 3.63) is 73.6 Å². The van der Waals surface area contributed by atoms with Crippen LogP contribution in [0.25, 0.3) is 22.3 Å². The highest BCUT2D eigenvalue weighted by atomic mass is 16.5. The number of carbonyl (C=O) groups excluding carboxylic acids is 1. The predicted octanol–water partition coefficient (Wildman–Crippen LogP) is 5.24. The number of aromatic nitrogens is 4. The van der Waals surface area contributed by atoms with E-state index in [-0.39, 0.29) is 11.9 Å². The van der Waals surface area contributed by atoms with Crippen LogP contribution in [0, 0.1) is 0 Å². The van der Waals surface area contributed by atoms with Gasteiger partial charge in [0, 0.05) is 18.7 Å². The molecule has 8 nitrogen and oxygen atoms in total. The monoisotopic (exact) mass is 470 g/mol. The van der Waals surface area contributed by atoms with Gasteiger partial charge in [-0.25, -0.2) is 14.6 Å². The second-order valence-corrected chi connectivity index (χ2v) is 7.97. The van der Waals surface area contributed by atoms with Crippen molar-refractivity contribution in [2.45, 2.75) is 32.7 Å². The van der Waals surface area contributed by atoms with Crippen LogP contribution >= 0.6 is 0 Å². The normalized spacial score (nSPS) is 15.3. The maximum absolute atomic E-state index is 12.2. The first kappa shape index (κ1) is 23.9. The van der Waals surface area contributed by atoms with E-state index in [4.69, 9.17) is 15.6 Å². The molecule has 1 amide bonds. The summed E-state index contributed by atoms with van der Waals surface area (Å²) in [4.78, 5) is 22.7. The fourth-order valence-electron chi connectivity index (χ4n) is 4.24. The van der Waals surface area contributed by atoms with Crippen LogP contribution in [0.3, 0.4) is 0 Å². The maximum Gasteiger partial charge on any atom is 0.246 e.